The van der Waals surface area contributed by atoms with Crippen molar-refractivity contribution in [3.8, 4) is 0 Å². The summed E-state index contributed by atoms with van der Waals surface area (Å²) in [7, 11) is 0.500. The second-order valence-corrected chi connectivity index (χ2v) is 7.84. The molecule has 148 valence electrons. The van der Waals surface area contributed by atoms with E-state index in [1.165, 1.54) is 32.1 Å². The van der Waals surface area contributed by atoms with Crippen LogP contribution in [0.3, 0.4) is 0 Å². The second kappa shape index (κ2) is 13.4. The van der Waals surface area contributed by atoms with E-state index in [4.69, 9.17) is 0 Å². The zero-order valence-corrected chi connectivity index (χ0v) is 17.2. The first-order valence-corrected chi connectivity index (χ1v) is 9.69. The highest BCUT2D eigenvalue weighted by Gasteiger charge is 2.46. The minimum atomic E-state index is 0. The van der Waals surface area contributed by atoms with Gasteiger partial charge in [0.05, 0.1) is 7.18 Å². The van der Waals surface area contributed by atoms with E-state index in [9.17, 15) is 4.39 Å². The van der Waals surface area contributed by atoms with Gasteiger partial charge in [-0.15, -0.1) is 0 Å². The maximum atomic E-state index is 9.50. The van der Waals surface area contributed by atoms with Crippen LogP contribution in [0.25, 0.3) is 0 Å². The smallest absolute Gasteiger partial charge is 0.0785 e. The second-order valence-electron chi connectivity index (χ2n) is 7.84. The molecule has 0 heterocycles. The van der Waals surface area contributed by atoms with Crippen molar-refractivity contribution in [2.24, 2.45) is 29.1 Å². The van der Waals surface area contributed by atoms with Crippen LogP contribution in [0, 0.1) is 29.1 Å². The average molecular weight is 353 g/mol. The van der Waals surface area contributed by atoms with Gasteiger partial charge in [0.2, 0.25) is 0 Å². The van der Waals surface area contributed by atoms with Crippen LogP contribution < -0.4 is 0 Å². The van der Waals surface area contributed by atoms with Crippen LogP contribution >= 0.6 is 0 Å². The molecule has 2 aliphatic carbocycles. The first kappa shape index (κ1) is 26.4. The van der Waals surface area contributed by atoms with Crippen molar-refractivity contribution >= 4 is 0 Å². The van der Waals surface area contributed by atoms with E-state index in [0.717, 1.165) is 23.7 Å². The van der Waals surface area contributed by atoms with E-state index in [1.807, 2.05) is 32.1 Å². The van der Waals surface area contributed by atoms with Crippen molar-refractivity contribution in [2.45, 2.75) is 81.1 Å². The van der Waals surface area contributed by atoms with Crippen LogP contribution in [0.4, 0.5) is 4.39 Å². The van der Waals surface area contributed by atoms with Gasteiger partial charge in [-0.2, -0.15) is 0 Å². The summed E-state index contributed by atoms with van der Waals surface area (Å²) in [5.74, 6) is 3.62. The summed E-state index contributed by atoms with van der Waals surface area (Å²) in [6.07, 6.45) is 15.2. The van der Waals surface area contributed by atoms with Gasteiger partial charge in [0.25, 0.3) is 0 Å². The number of halogens is 1. The molecule has 2 aliphatic rings. The Morgan fingerprint density at radius 1 is 1.12 bits per heavy atom. The summed E-state index contributed by atoms with van der Waals surface area (Å²) < 4.78 is 9.50. The lowest BCUT2D eigenvalue weighted by molar-refractivity contribution is -0.00665. The zero-order valence-electron chi connectivity index (χ0n) is 17.2. The Labute approximate surface area is 158 Å². The molecule has 4 atom stereocenters. The van der Waals surface area contributed by atoms with Crippen molar-refractivity contribution in [1.29, 1.82) is 0 Å². The molecule has 0 radical (unpaired) electrons. The van der Waals surface area contributed by atoms with Crippen LogP contribution in [-0.4, -0.2) is 7.18 Å². The lowest BCUT2D eigenvalue weighted by atomic mass is 9.53. The van der Waals surface area contributed by atoms with Gasteiger partial charge >= 0.3 is 0 Å². The first-order valence-electron chi connectivity index (χ1n) is 9.69. The molecule has 0 bridgehead atoms. The lowest BCUT2D eigenvalue weighted by Gasteiger charge is -2.52. The molecule has 0 aromatic carbocycles. The molecule has 0 nitrogen and oxygen atoms in total. The molecule has 0 amide bonds. The number of alkyl halides is 1. The zero-order chi connectivity index (χ0) is 18.8. The van der Waals surface area contributed by atoms with E-state index in [2.05, 4.69) is 40.3 Å². The summed E-state index contributed by atoms with van der Waals surface area (Å²) in [4.78, 5) is 0. The van der Waals surface area contributed by atoms with E-state index in [1.54, 1.807) is 5.57 Å². The van der Waals surface area contributed by atoms with Gasteiger partial charge in [0.1, 0.15) is 0 Å². The van der Waals surface area contributed by atoms with Crippen LogP contribution in [-0.2, 0) is 0 Å². The van der Waals surface area contributed by atoms with Crippen LogP contribution in [0.5, 0.6) is 0 Å². The maximum Gasteiger partial charge on any atom is 0.0785 e. The molecule has 2 saturated carbocycles. The molecule has 4 unspecified atom stereocenters. The van der Waals surface area contributed by atoms with Crippen LogP contribution in [0.15, 0.2) is 36.5 Å². The number of hydrogen-bond donors (Lipinski definition) is 0. The number of hydrogen-bond acceptors (Lipinski definition) is 0. The van der Waals surface area contributed by atoms with Gasteiger partial charge in [-0.1, -0.05) is 78.0 Å². The van der Waals surface area contributed by atoms with E-state index < -0.39 is 0 Å². The SMILES string of the molecule is C.C/C=C\C.C=C/C=C1/CCC2C(CCC(C)(C)C2CC)C1C.CF. The van der Waals surface area contributed by atoms with Crippen molar-refractivity contribution in [3.05, 3.63) is 36.5 Å². The van der Waals surface area contributed by atoms with Crippen LogP contribution in [0.2, 0.25) is 0 Å². The van der Waals surface area contributed by atoms with E-state index >= 15 is 0 Å². The van der Waals surface area contributed by atoms with Crippen molar-refractivity contribution in [3.63, 3.8) is 0 Å². The molecule has 0 saturated heterocycles. The Kier molecular flexibility index (Phi) is 14.1. The van der Waals surface area contributed by atoms with Crippen molar-refractivity contribution in [2.75, 3.05) is 7.18 Å². The molecule has 0 N–H and O–H groups in total. The topological polar surface area (TPSA) is 0 Å². The third kappa shape index (κ3) is 7.12. The fourth-order valence-corrected chi connectivity index (χ4v) is 4.93. The molecule has 1 heteroatoms. The van der Waals surface area contributed by atoms with Gasteiger partial charge in [-0.25, -0.2) is 0 Å². The van der Waals surface area contributed by atoms with Gasteiger partial charge in [-0.05, 0) is 68.6 Å². The fraction of sp³-hybridized carbons (Fsp3) is 0.750. The first-order chi connectivity index (χ1) is 11.4. The highest BCUT2D eigenvalue weighted by molar-refractivity contribution is 5.18. The number of rotatable bonds is 2. The Hall–Kier alpha value is -0.850. The largest absolute Gasteiger partial charge is 0.255 e. The molecule has 0 aromatic rings. The van der Waals surface area contributed by atoms with Crippen LogP contribution in [0.1, 0.15) is 81.1 Å². The predicted molar refractivity (Wildman–Crippen MR) is 115 cm³/mol. The number of fused-ring (bicyclic) bond motifs is 1. The summed E-state index contributed by atoms with van der Waals surface area (Å²) in [5, 5.41) is 0. The average Bonchev–Trinajstić information content (AvgIpc) is 2.59. The highest BCUT2D eigenvalue weighted by atomic mass is 19.1. The van der Waals surface area contributed by atoms with Gasteiger partial charge in [-0.3, -0.25) is 4.39 Å². The quantitative estimate of drug-likeness (QED) is 0.437. The molecular formula is C24H45F. The summed E-state index contributed by atoms with van der Waals surface area (Å²) >= 11 is 0. The molecule has 25 heavy (non-hydrogen) atoms. The third-order valence-electron chi connectivity index (χ3n) is 6.29. The Morgan fingerprint density at radius 3 is 2.12 bits per heavy atom. The summed E-state index contributed by atoms with van der Waals surface area (Å²) in [6.45, 7) is 17.7. The highest BCUT2D eigenvalue weighted by Crippen LogP contribution is 2.55. The van der Waals surface area contributed by atoms with Crippen molar-refractivity contribution < 1.29 is 4.39 Å². The molecule has 0 aliphatic heterocycles. The fourth-order valence-electron chi connectivity index (χ4n) is 4.93. The Morgan fingerprint density at radius 2 is 1.68 bits per heavy atom. The third-order valence-corrected chi connectivity index (χ3v) is 6.29. The monoisotopic (exact) mass is 352 g/mol. The van der Waals surface area contributed by atoms with Crippen molar-refractivity contribution in [1.82, 2.24) is 0 Å². The van der Waals surface area contributed by atoms with Gasteiger partial charge < -0.3 is 0 Å². The predicted octanol–water partition coefficient (Wildman–Crippen LogP) is 8.41. The molecule has 0 spiro atoms. The normalized spacial score (nSPS) is 31.6. The van der Waals surface area contributed by atoms with Gasteiger partial charge in [0.15, 0.2) is 0 Å². The Balaban J connectivity index is 0. The number of allylic oxidation sites excluding steroid dienone is 5. The molecular weight excluding hydrogens is 307 g/mol. The van der Waals surface area contributed by atoms with E-state index in [0.29, 0.717) is 12.6 Å². The maximum absolute atomic E-state index is 9.50. The summed E-state index contributed by atoms with van der Waals surface area (Å²) in [6, 6.07) is 0. The van der Waals surface area contributed by atoms with Gasteiger partial charge in [0, 0.05) is 0 Å². The van der Waals surface area contributed by atoms with E-state index in [-0.39, 0.29) is 7.43 Å². The molecule has 2 rings (SSSR count). The minimum absolute atomic E-state index is 0. The molecule has 2 fully saturated rings. The Bertz CT molecular complexity index is 398. The standard InChI is InChI=1S/C18H30.C4H8.CH3F.CH4/c1-6-8-14-9-10-16-15(13(14)3)11-12-18(4,5)17(16)7-2;1-3-4-2;1-2;/h6,8,13,15-17H,1,7,9-12H2,2-5H3;3-4H,1-2H3;1H3;1H4/b14-8-;4-3-;;. The summed E-state index contributed by atoms with van der Waals surface area (Å²) in [5.41, 5.74) is 2.22. The molecule has 0 aromatic heterocycles. The lowest BCUT2D eigenvalue weighted by Crippen LogP contribution is -2.44. The minimum Gasteiger partial charge on any atom is -0.255 e.